The molecular weight excluding hydrogens is 361 g/mol. The van der Waals surface area contributed by atoms with E-state index < -0.39 is 0 Å². The highest BCUT2D eigenvalue weighted by Crippen LogP contribution is 2.32. The number of aliphatic hydroxyl groups is 1. The number of aliphatic hydroxyl groups excluding tert-OH is 1. The fourth-order valence-electron chi connectivity index (χ4n) is 3.14. The zero-order valence-electron chi connectivity index (χ0n) is 15.3. The Morgan fingerprint density at radius 3 is 2.79 bits per heavy atom. The number of aromatic nitrogens is 4. The lowest BCUT2D eigenvalue weighted by atomic mass is 10.1. The second-order valence-electron chi connectivity index (χ2n) is 6.45. The van der Waals surface area contributed by atoms with Gasteiger partial charge in [-0.3, -0.25) is 4.40 Å². The summed E-state index contributed by atoms with van der Waals surface area (Å²) in [7, 11) is 0. The van der Waals surface area contributed by atoms with Crippen LogP contribution in [0.4, 0.5) is 10.3 Å². The molecule has 1 aromatic carbocycles. The van der Waals surface area contributed by atoms with E-state index in [1.165, 1.54) is 12.1 Å². The Hall–Kier alpha value is -3.26. The second-order valence-corrected chi connectivity index (χ2v) is 6.45. The fourth-order valence-corrected chi connectivity index (χ4v) is 3.14. The van der Waals surface area contributed by atoms with Crippen LogP contribution in [0, 0.1) is 5.82 Å². The summed E-state index contributed by atoms with van der Waals surface area (Å²) < 4.78 is 20.6. The first-order chi connectivity index (χ1) is 13.7. The standard InChI is InChI=1S/C20H20FN5O2/c1-2-3-15(12-27)23-19-22-9-8-16(24-19)18-17(13-4-6-14(21)7-5-13)25-20-26(18)10-11-28-20/h4-11,15,27H,2-3,12H2,1H3,(H,22,23,24). The van der Waals surface area contributed by atoms with Gasteiger partial charge in [-0.05, 0) is 36.8 Å². The van der Waals surface area contributed by atoms with Gasteiger partial charge < -0.3 is 14.8 Å². The highest BCUT2D eigenvalue weighted by Gasteiger charge is 2.20. The number of imidazole rings is 1. The van der Waals surface area contributed by atoms with Crippen molar-refractivity contribution in [3.05, 3.63) is 54.8 Å². The van der Waals surface area contributed by atoms with Gasteiger partial charge in [0.1, 0.15) is 23.5 Å². The summed E-state index contributed by atoms with van der Waals surface area (Å²) in [5, 5.41) is 12.7. The zero-order valence-corrected chi connectivity index (χ0v) is 15.3. The number of fused-ring (bicyclic) bond motifs is 1. The number of benzene rings is 1. The molecule has 0 aliphatic heterocycles. The van der Waals surface area contributed by atoms with Crippen molar-refractivity contribution in [3.63, 3.8) is 0 Å². The van der Waals surface area contributed by atoms with Crippen LogP contribution in [-0.4, -0.2) is 37.1 Å². The lowest BCUT2D eigenvalue weighted by Gasteiger charge is -2.15. The van der Waals surface area contributed by atoms with E-state index in [1.54, 1.807) is 41.3 Å². The van der Waals surface area contributed by atoms with E-state index in [2.05, 4.69) is 27.2 Å². The SMILES string of the molecule is CCCC(CO)Nc1nccc(-c2c(-c3ccc(F)cc3)nc3occn23)n1. The zero-order chi connectivity index (χ0) is 19.5. The van der Waals surface area contributed by atoms with Crippen molar-refractivity contribution < 1.29 is 13.9 Å². The van der Waals surface area contributed by atoms with E-state index in [-0.39, 0.29) is 18.5 Å². The Morgan fingerprint density at radius 2 is 2.04 bits per heavy atom. The van der Waals surface area contributed by atoms with Gasteiger partial charge in [0.2, 0.25) is 5.95 Å². The molecule has 0 spiro atoms. The molecule has 0 aliphatic carbocycles. The number of oxazole rings is 1. The maximum Gasteiger partial charge on any atom is 0.306 e. The quantitative estimate of drug-likeness (QED) is 0.507. The van der Waals surface area contributed by atoms with Crippen molar-refractivity contribution in [2.45, 2.75) is 25.8 Å². The average Bonchev–Trinajstić information content (AvgIpc) is 3.29. The molecule has 28 heavy (non-hydrogen) atoms. The molecule has 144 valence electrons. The molecule has 0 aliphatic rings. The average molecular weight is 381 g/mol. The predicted molar refractivity (Wildman–Crippen MR) is 103 cm³/mol. The van der Waals surface area contributed by atoms with Crippen molar-refractivity contribution in [2.75, 3.05) is 11.9 Å². The molecule has 0 saturated heterocycles. The second kappa shape index (κ2) is 7.77. The summed E-state index contributed by atoms with van der Waals surface area (Å²) in [6, 6.07) is 7.79. The Bertz CT molecular complexity index is 1070. The van der Waals surface area contributed by atoms with Gasteiger partial charge in [0, 0.05) is 18.0 Å². The van der Waals surface area contributed by atoms with Gasteiger partial charge in [0.25, 0.3) is 0 Å². The maximum absolute atomic E-state index is 13.3. The topological polar surface area (TPSA) is 88.5 Å². The summed E-state index contributed by atoms with van der Waals surface area (Å²) in [6.07, 6.45) is 6.70. The molecule has 0 saturated carbocycles. The molecular formula is C20H20FN5O2. The fraction of sp³-hybridized carbons (Fsp3) is 0.250. The third-order valence-electron chi connectivity index (χ3n) is 4.47. The van der Waals surface area contributed by atoms with Gasteiger partial charge in [-0.25, -0.2) is 14.4 Å². The van der Waals surface area contributed by atoms with Gasteiger partial charge in [0.05, 0.1) is 18.3 Å². The van der Waals surface area contributed by atoms with E-state index in [1.807, 2.05) is 0 Å². The first kappa shape index (κ1) is 18.1. The largest absolute Gasteiger partial charge is 0.432 e. The first-order valence-corrected chi connectivity index (χ1v) is 9.12. The molecule has 3 heterocycles. The van der Waals surface area contributed by atoms with Crippen LogP contribution < -0.4 is 5.32 Å². The Balaban J connectivity index is 1.78. The molecule has 1 atom stereocenters. The summed E-state index contributed by atoms with van der Waals surface area (Å²) >= 11 is 0. The molecule has 3 aromatic heterocycles. The number of anilines is 1. The number of hydrogen-bond acceptors (Lipinski definition) is 6. The van der Waals surface area contributed by atoms with Crippen LogP contribution in [0.1, 0.15) is 19.8 Å². The minimum Gasteiger partial charge on any atom is -0.432 e. The number of hydrogen-bond donors (Lipinski definition) is 2. The molecule has 2 N–H and O–H groups in total. The highest BCUT2D eigenvalue weighted by atomic mass is 19.1. The summed E-state index contributed by atoms with van der Waals surface area (Å²) in [4.78, 5) is 13.4. The van der Waals surface area contributed by atoms with Crippen molar-refractivity contribution in [1.29, 1.82) is 0 Å². The molecule has 0 amide bonds. The Labute approximate surface area is 160 Å². The minimum atomic E-state index is -0.312. The van der Waals surface area contributed by atoms with Gasteiger partial charge in [-0.15, -0.1) is 0 Å². The first-order valence-electron chi connectivity index (χ1n) is 9.12. The van der Waals surface area contributed by atoms with Crippen molar-refractivity contribution in [1.82, 2.24) is 19.4 Å². The Morgan fingerprint density at radius 1 is 1.21 bits per heavy atom. The van der Waals surface area contributed by atoms with E-state index in [9.17, 15) is 9.50 Å². The van der Waals surface area contributed by atoms with Crippen LogP contribution in [0.25, 0.3) is 28.5 Å². The number of nitrogens with zero attached hydrogens (tertiary/aromatic N) is 4. The molecule has 4 aromatic rings. The van der Waals surface area contributed by atoms with Crippen LogP contribution >= 0.6 is 0 Å². The molecule has 7 nitrogen and oxygen atoms in total. The van der Waals surface area contributed by atoms with Crippen molar-refractivity contribution in [3.8, 4) is 22.6 Å². The third-order valence-corrected chi connectivity index (χ3v) is 4.47. The third kappa shape index (κ3) is 3.46. The van der Waals surface area contributed by atoms with Crippen LogP contribution in [0.5, 0.6) is 0 Å². The van der Waals surface area contributed by atoms with Gasteiger partial charge in [-0.1, -0.05) is 13.3 Å². The molecule has 0 bridgehead atoms. The summed E-state index contributed by atoms with van der Waals surface area (Å²) in [6.45, 7) is 2.05. The molecule has 8 heteroatoms. The minimum absolute atomic E-state index is 0.000908. The van der Waals surface area contributed by atoms with Crippen LogP contribution in [-0.2, 0) is 0 Å². The van der Waals surface area contributed by atoms with Gasteiger partial charge >= 0.3 is 5.84 Å². The lowest BCUT2D eigenvalue weighted by molar-refractivity contribution is 0.268. The van der Waals surface area contributed by atoms with E-state index >= 15 is 0 Å². The van der Waals surface area contributed by atoms with Crippen LogP contribution in [0.15, 0.2) is 53.4 Å². The lowest BCUT2D eigenvalue weighted by Crippen LogP contribution is -2.24. The van der Waals surface area contributed by atoms with Gasteiger partial charge in [0.15, 0.2) is 0 Å². The Kier molecular flexibility index (Phi) is 5.03. The number of rotatable bonds is 7. The van der Waals surface area contributed by atoms with Crippen LogP contribution in [0.3, 0.4) is 0 Å². The van der Waals surface area contributed by atoms with Gasteiger partial charge in [-0.2, -0.15) is 4.98 Å². The summed E-state index contributed by atoms with van der Waals surface area (Å²) in [5.41, 5.74) is 2.75. The molecule has 0 fully saturated rings. The van der Waals surface area contributed by atoms with E-state index in [4.69, 9.17) is 4.42 Å². The van der Waals surface area contributed by atoms with Crippen molar-refractivity contribution >= 4 is 11.8 Å². The van der Waals surface area contributed by atoms with Crippen LogP contribution in [0.2, 0.25) is 0 Å². The van der Waals surface area contributed by atoms with E-state index in [0.717, 1.165) is 24.1 Å². The summed E-state index contributed by atoms with van der Waals surface area (Å²) in [5.74, 6) is 0.530. The number of halogens is 1. The maximum atomic E-state index is 13.3. The highest BCUT2D eigenvalue weighted by molar-refractivity contribution is 5.79. The number of nitrogens with one attached hydrogen (secondary N) is 1. The molecule has 4 rings (SSSR count). The van der Waals surface area contributed by atoms with Crippen molar-refractivity contribution in [2.24, 2.45) is 0 Å². The smallest absolute Gasteiger partial charge is 0.306 e. The predicted octanol–water partition coefficient (Wildman–Crippen LogP) is 3.76. The monoisotopic (exact) mass is 381 g/mol. The molecule has 1 unspecified atom stereocenters. The van der Waals surface area contributed by atoms with E-state index in [0.29, 0.717) is 23.2 Å². The normalized spacial score (nSPS) is 12.4. The molecule has 0 radical (unpaired) electrons.